The molecule has 43 heavy (non-hydrogen) atoms. The lowest BCUT2D eigenvalue weighted by Crippen LogP contribution is -2.49. The second-order valence-electron chi connectivity index (χ2n) is 10.3. The molecule has 2 aromatic carbocycles. The van der Waals surface area contributed by atoms with E-state index in [1.165, 1.54) is 37.4 Å². The zero-order valence-corrected chi connectivity index (χ0v) is 24.4. The van der Waals surface area contributed by atoms with Crippen molar-refractivity contribution in [3.05, 3.63) is 53.6 Å². The summed E-state index contributed by atoms with van der Waals surface area (Å²) in [6.07, 6.45) is -1.61. The Bertz CT molecular complexity index is 1280. The van der Waals surface area contributed by atoms with Crippen LogP contribution in [0.3, 0.4) is 0 Å². The van der Waals surface area contributed by atoms with Crippen LogP contribution in [0, 0.1) is 0 Å². The summed E-state index contributed by atoms with van der Waals surface area (Å²) in [5.41, 5.74) is 4.77. The number of methoxy groups -OCH3 is 1. The van der Waals surface area contributed by atoms with Crippen LogP contribution in [0.5, 0.6) is 17.2 Å². The van der Waals surface area contributed by atoms with Crippen molar-refractivity contribution in [3.8, 4) is 17.2 Å². The van der Waals surface area contributed by atoms with E-state index in [2.05, 4.69) is 15.4 Å². The van der Waals surface area contributed by atoms with E-state index >= 15 is 0 Å². The van der Waals surface area contributed by atoms with E-state index < -0.39 is 47.6 Å². The summed E-state index contributed by atoms with van der Waals surface area (Å²) < 4.78 is 20.7. The van der Waals surface area contributed by atoms with Crippen molar-refractivity contribution in [2.75, 3.05) is 20.3 Å². The molecule has 234 valence electrons. The van der Waals surface area contributed by atoms with Crippen molar-refractivity contribution in [1.82, 2.24) is 10.6 Å². The van der Waals surface area contributed by atoms with Crippen molar-refractivity contribution in [3.63, 3.8) is 0 Å². The summed E-state index contributed by atoms with van der Waals surface area (Å²) in [4.78, 5) is 59.8. The first-order valence-electron chi connectivity index (χ1n) is 13.3. The number of unbranched alkanes of at least 4 members (excludes halogenated alkanes) is 1. The van der Waals surface area contributed by atoms with Crippen LogP contribution in [0.2, 0.25) is 0 Å². The predicted molar refractivity (Wildman–Crippen MR) is 152 cm³/mol. The smallest absolute Gasteiger partial charge is 0.408 e. The summed E-state index contributed by atoms with van der Waals surface area (Å²) in [6, 6.07) is 9.30. The van der Waals surface area contributed by atoms with Crippen molar-refractivity contribution in [2.45, 2.75) is 57.8 Å². The quantitative estimate of drug-likeness (QED) is 0.113. The highest BCUT2D eigenvalue weighted by Gasteiger charge is 2.27. The number of nitrogens with one attached hydrogen (secondary N) is 2. The molecule has 0 radical (unpaired) electrons. The van der Waals surface area contributed by atoms with Gasteiger partial charge in [0.25, 0.3) is 12.0 Å². The van der Waals surface area contributed by atoms with Gasteiger partial charge in [-0.2, -0.15) is 0 Å². The molecule has 3 amide bonds. The Kier molecular flexibility index (Phi) is 12.6. The molecule has 0 fully saturated rings. The number of rotatable bonds is 15. The van der Waals surface area contributed by atoms with E-state index in [1.807, 2.05) is 0 Å². The van der Waals surface area contributed by atoms with Crippen molar-refractivity contribution in [1.29, 1.82) is 0 Å². The molecule has 14 heteroatoms. The normalized spacial score (nSPS) is 12.3. The van der Waals surface area contributed by atoms with Crippen LogP contribution in [0.25, 0.3) is 0 Å². The largest absolute Gasteiger partial charge is 0.507 e. The maximum atomic E-state index is 13.0. The number of alkyl carbamates (subject to hydrolysis) is 1. The van der Waals surface area contributed by atoms with Gasteiger partial charge >= 0.3 is 18.0 Å². The summed E-state index contributed by atoms with van der Waals surface area (Å²) in [5, 5.41) is 24.3. The van der Waals surface area contributed by atoms with Crippen molar-refractivity contribution < 1.29 is 53.1 Å². The number of esters is 1. The zero-order valence-electron chi connectivity index (χ0n) is 24.4. The number of nitrogens with two attached hydrogens (primary N) is 1. The Morgan fingerprint density at radius 1 is 1.00 bits per heavy atom. The van der Waals surface area contributed by atoms with Gasteiger partial charge in [0.2, 0.25) is 5.91 Å². The van der Waals surface area contributed by atoms with Crippen LogP contribution in [0.4, 0.5) is 4.79 Å². The van der Waals surface area contributed by atoms with Crippen molar-refractivity contribution in [2.24, 2.45) is 5.73 Å². The first kappa shape index (κ1) is 34.2. The van der Waals surface area contributed by atoms with Gasteiger partial charge in [-0.15, -0.1) is 0 Å². The molecule has 6 N–H and O–H groups in total. The number of carboxylic acids is 1. The first-order chi connectivity index (χ1) is 20.2. The number of carboxylic acid groups (broad SMARTS) is 1. The SMILES string of the molecule is COC(=O)c1c(O)cccc1OCCCCNC(=O)[C@H](Cc1ccc(OC(C(N)=O)C(=O)O)cc1)NC(=O)OC(C)(C)C. The van der Waals surface area contributed by atoms with Gasteiger partial charge in [-0.25, -0.2) is 14.4 Å². The molecular formula is C29H37N3O11. The molecule has 2 atom stereocenters. The van der Waals surface area contributed by atoms with Crippen LogP contribution in [0.15, 0.2) is 42.5 Å². The molecule has 2 aromatic rings. The molecular weight excluding hydrogens is 566 g/mol. The number of phenolic OH excluding ortho intramolecular Hbond substituents is 1. The topological polar surface area (TPSA) is 213 Å². The highest BCUT2D eigenvalue weighted by molar-refractivity contribution is 5.99. The van der Waals surface area contributed by atoms with Gasteiger partial charge in [-0.3, -0.25) is 9.59 Å². The van der Waals surface area contributed by atoms with E-state index in [0.717, 1.165) is 0 Å². The minimum Gasteiger partial charge on any atom is -0.507 e. The van der Waals surface area contributed by atoms with Gasteiger partial charge in [-0.05, 0) is 63.4 Å². The third kappa shape index (κ3) is 11.4. The number of primary amides is 1. The summed E-state index contributed by atoms with van der Waals surface area (Å²) in [5.74, 6) is -3.94. The number of hydrogen-bond acceptors (Lipinski definition) is 10. The molecule has 0 aliphatic heterocycles. The van der Waals surface area contributed by atoms with Crippen molar-refractivity contribution >= 4 is 29.8 Å². The molecule has 0 saturated carbocycles. The van der Waals surface area contributed by atoms with E-state index in [0.29, 0.717) is 18.4 Å². The molecule has 2 rings (SSSR count). The van der Waals surface area contributed by atoms with Gasteiger partial charge in [0.05, 0.1) is 13.7 Å². The molecule has 0 bridgehead atoms. The minimum absolute atomic E-state index is 0.0560. The number of benzene rings is 2. The minimum atomic E-state index is -1.86. The van der Waals surface area contributed by atoms with E-state index in [9.17, 15) is 29.1 Å². The van der Waals surface area contributed by atoms with E-state index in [4.69, 9.17) is 25.1 Å². The molecule has 0 saturated heterocycles. The number of carbonyl (C=O) groups is 5. The molecule has 0 aliphatic carbocycles. The second kappa shape index (κ2) is 15.8. The first-order valence-corrected chi connectivity index (χ1v) is 13.3. The Morgan fingerprint density at radius 3 is 2.26 bits per heavy atom. The fourth-order valence-electron chi connectivity index (χ4n) is 3.66. The van der Waals surface area contributed by atoms with Gasteiger partial charge in [0.1, 0.15) is 34.5 Å². The number of ether oxygens (including phenoxy) is 4. The van der Waals surface area contributed by atoms with Crippen LogP contribution in [0.1, 0.15) is 49.5 Å². The van der Waals surface area contributed by atoms with Crippen LogP contribution in [-0.2, 0) is 30.3 Å². The average Bonchev–Trinajstić information content (AvgIpc) is 2.92. The fraction of sp³-hybridized carbons (Fsp3) is 0.414. The molecule has 1 unspecified atom stereocenters. The molecule has 14 nitrogen and oxygen atoms in total. The fourth-order valence-corrected chi connectivity index (χ4v) is 3.66. The molecule has 0 aromatic heterocycles. The Morgan fingerprint density at radius 2 is 1.67 bits per heavy atom. The Labute approximate surface area is 248 Å². The standard InChI is InChI=1S/C29H37N3O11/c1-29(2,3)43-28(39)32-19(16-17-10-12-18(13-11-17)42-23(24(30)34)26(36)37)25(35)31-14-5-6-15-41-21-9-7-8-20(33)22(21)27(38)40-4/h7-13,19,23,33H,5-6,14-16H2,1-4H3,(H2,30,34)(H,31,35)(H,32,39)(H,36,37)/t19-,23?/m0/s1. The maximum Gasteiger partial charge on any atom is 0.408 e. The predicted octanol–water partition coefficient (Wildman–Crippen LogP) is 1.91. The average molecular weight is 604 g/mol. The van der Waals surface area contributed by atoms with Crippen LogP contribution >= 0.6 is 0 Å². The molecule has 0 aliphatic rings. The molecule has 0 spiro atoms. The Balaban J connectivity index is 1.98. The van der Waals surface area contributed by atoms with E-state index in [1.54, 1.807) is 32.9 Å². The summed E-state index contributed by atoms with van der Waals surface area (Å²) >= 11 is 0. The monoisotopic (exact) mass is 603 g/mol. The van der Waals surface area contributed by atoms with Crippen LogP contribution in [-0.4, -0.2) is 78.1 Å². The maximum absolute atomic E-state index is 13.0. The number of phenols is 1. The highest BCUT2D eigenvalue weighted by Crippen LogP contribution is 2.28. The van der Waals surface area contributed by atoms with E-state index in [-0.39, 0.29) is 42.4 Å². The lowest BCUT2D eigenvalue weighted by atomic mass is 10.0. The van der Waals surface area contributed by atoms with Gasteiger partial charge in [-0.1, -0.05) is 18.2 Å². The Hall–Kier alpha value is -5.01. The number of amides is 3. The third-order valence-corrected chi connectivity index (χ3v) is 5.63. The highest BCUT2D eigenvalue weighted by atomic mass is 16.6. The summed E-state index contributed by atoms with van der Waals surface area (Å²) in [7, 11) is 1.19. The summed E-state index contributed by atoms with van der Waals surface area (Å²) in [6.45, 7) is 5.49. The lowest BCUT2D eigenvalue weighted by molar-refractivity contribution is -0.150. The number of carbonyl (C=O) groups excluding carboxylic acids is 4. The third-order valence-electron chi connectivity index (χ3n) is 5.63. The lowest BCUT2D eigenvalue weighted by Gasteiger charge is -2.23. The second-order valence-corrected chi connectivity index (χ2v) is 10.3. The van der Waals surface area contributed by atoms with Gasteiger partial charge in [0.15, 0.2) is 0 Å². The number of aliphatic carboxylic acids is 1. The van der Waals surface area contributed by atoms with Gasteiger partial charge in [0, 0.05) is 13.0 Å². The number of hydrogen-bond donors (Lipinski definition) is 5. The van der Waals surface area contributed by atoms with Crippen LogP contribution < -0.4 is 25.8 Å². The number of aromatic hydroxyl groups is 1. The van der Waals surface area contributed by atoms with Gasteiger partial charge < -0.3 is 45.5 Å². The zero-order chi connectivity index (χ0) is 32.2. The molecule has 0 heterocycles.